The Morgan fingerprint density at radius 1 is 0.575 bits per heavy atom. The van der Waals surface area contributed by atoms with E-state index in [0.717, 1.165) is 61.1 Å². The summed E-state index contributed by atoms with van der Waals surface area (Å²) in [7, 11) is 0. The predicted molar refractivity (Wildman–Crippen MR) is 158 cm³/mol. The molecule has 4 heteroatoms. The molecule has 0 spiro atoms. The largest absolute Gasteiger partial charge is 0.418 e. The van der Waals surface area contributed by atoms with E-state index in [0.29, 0.717) is 11.3 Å². The van der Waals surface area contributed by atoms with Gasteiger partial charge in [-0.1, -0.05) is 99.6 Å². The molecule has 1 nitrogen and oxygen atoms in total. The zero-order chi connectivity index (χ0) is 27.8. The molecule has 6 aromatic rings. The molecule has 0 saturated heterocycles. The summed E-state index contributed by atoms with van der Waals surface area (Å²) in [6, 6.07) is 31.7. The molecule has 0 radical (unpaired) electrons. The molecule has 0 N–H and O–H groups in total. The number of hydrogen-bond acceptors (Lipinski definition) is 1. The maximum atomic E-state index is 14.5. The summed E-state index contributed by atoms with van der Waals surface area (Å²) >= 11 is 0. The Kier molecular flexibility index (Phi) is 5.24. The Morgan fingerprint density at radius 3 is 2.05 bits per heavy atom. The molecule has 0 fully saturated rings. The van der Waals surface area contributed by atoms with Crippen molar-refractivity contribution in [3.8, 4) is 44.6 Å². The minimum atomic E-state index is -4.56. The van der Waals surface area contributed by atoms with Gasteiger partial charge in [-0.15, -0.1) is 0 Å². The lowest BCUT2D eigenvalue weighted by Crippen LogP contribution is -2.12. The number of rotatable bonds is 2. The second kappa shape index (κ2) is 8.53. The quantitative estimate of drug-likeness (QED) is 0.217. The third-order valence-corrected chi connectivity index (χ3v) is 8.00. The fraction of sp³-hybridized carbons (Fsp3) is 0.139. The van der Waals surface area contributed by atoms with Crippen molar-refractivity contribution in [3.05, 3.63) is 114 Å². The molecule has 0 saturated carbocycles. The Labute approximate surface area is 231 Å². The first kappa shape index (κ1) is 24.6. The van der Waals surface area contributed by atoms with Crippen LogP contribution in [0.4, 0.5) is 13.2 Å². The van der Waals surface area contributed by atoms with Crippen molar-refractivity contribution in [2.45, 2.75) is 32.4 Å². The van der Waals surface area contributed by atoms with Gasteiger partial charge in [-0.3, -0.25) is 4.98 Å². The van der Waals surface area contributed by atoms with Crippen molar-refractivity contribution in [3.63, 3.8) is 0 Å². The van der Waals surface area contributed by atoms with Crippen molar-refractivity contribution < 1.29 is 13.2 Å². The normalized spacial score (nSPS) is 12.8. The van der Waals surface area contributed by atoms with Gasteiger partial charge in [0.2, 0.25) is 0 Å². The highest BCUT2D eigenvalue weighted by atomic mass is 19.4. The van der Waals surface area contributed by atoms with Crippen LogP contribution in [0.15, 0.2) is 103 Å². The summed E-state index contributed by atoms with van der Waals surface area (Å²) in [5.74, 6) is 0. The molecule has 0 amide bonds. The van der Waals surface area contributed by atoms with Crippen LogP contribution >= 0.6 is 0 Å². The third-order valence-electron chi connectivity index (χ3n) is 8.00. The standard InChI is InChI=1S/C36H26F3N/c1-35(2,3)30-18-23(17-22-9-4-5-11-24(22)30)32-19-29(31(20-40-32)36(37,38)39)28-16-15-21-10-8-14-26-25-12-6-7-13-27(25)34(28)33(21)26/h4-20H,1-3H3. The smallest absolute Gasteiger partial charge is 0.256 e. The highest BCUT2D eigenvalue weighted by Crippen LogP contribution is 2.52. The summed E-state index contributed by atoms with van der Waals surface area (Å²) in [5, 5.41) is 4.18. The highest BCUT2D eigenvalue weighted by molar-refractivity contribution is 6.19. The molecule has 7 rings (SSSR count). The topological polar surface area (TPSA) is 12.9 Å². The zero-order valence-electron chi connectivity index (χ0n) is 22.4. The lowest BCUT2D eigenvalue weighted by atomic mass is 9.82. The predicted octanol–water partition coefficient (Wildman–Crippen LogP) is 10.7. The van der Waals surface area contributed by atoms with Crippen molar-refractivity contribution in [2.24, 2.45) is 0 Å². The van der Waals surface area contributed by atoms with E-state index >= 15 is 0 Å². The number of pyridine rings is 1. The van der Waals surface area contributed by atoms with Crippen LogP contribution < -0.4 is 0 Å². The minimum absolute atomic E-state index is 0.145. The Balaban J connectivity index is 1.53. The van der Waals surface area contributed by atoms with Gasteiger partial charge < -0.3 is 0 Å². The molecule has 1 aliphatic rings. The molecule has 1 heterocycles. The number of aromatic nitrogens is 1. The van der Waals surface area contributed by atoms with E-state index < -0.39 is 11.7 Å². The number of fused-ring (bicyclic) bond motifs is 4. The molecular formula is C36H26F3N. The van der Waals surface area contributed by atoms with Gasteiger partial charge >= 0.3 is 6.18 Å². The average Bonchev–Trinajstić information content (AvgIpc) is 3.27. The molecule has 1 aromatic heterocycles. The van der Waals surface area contributed by atoms with Crippen molar-refractivity contribution in [2.75, 3.05) is 0 Å². The fourth-order valence-electron chi connectivity index (χ4n) is 6.18. The van der Waals surface area contributed by atoms with Gasteiger partial charge in [-0.2, -0.15) is 13.2 Å². The first-order valence-electron chi connectivity index (χ1n) is 13.4. The van der Waals surface area contributed by atoms with Crippen LogP contribution in [0.1, 0.15) is 31.9 Å². The molecule has 0 unspecified atom stereocenters. The number of hydrogen-bond donors (Lipinski definition) is 0. The van der Waals surface area contributed by atoms with Crippen LogP contribution in [0.3, 0.4) is 0 Å². The fourth-order valence-corrected chi connectivity index (χ4v) is 6.18. The SMILES string of the molecule is CC(C)(C)c1cc(-c2cc(-c3ccc4cccc5c4c3-c3ccccc3-5)c(C(F)(F)F)cn2)cc2ccccc12. The molecule has 196 valence electrons. The van der Waals surface area contributed by atoms with Crippen LogP contribution in [0.25, 0.3) is 66.2 Å². The van der Waals surface area contributed by atoms with E-state index in [2.05, 4.69) is 37.9 Å². The van der Waals surface area contributed by atoms with Gasteiger partial charge in [0.1, 0.15) is 0 Å². The summed E-state index contributed by atoms with van der Waals surface area (Å²) in [6.45, 7) is 6.45. The molecule has 0 aliphatic heterocycles. The summed E-state index contributed by atoms with van der Waals surface area (Å²) in [6.07, 6.45) is -3.56. The van der Waals surface area contributed by atoms with E-state index in [1.54, 1.807) is 6.07 Å². The first-order valence-corrected chi connectivity index (χ1v) is 13.4. The van der Waals surface area contributed by atoms with Gasteiger partial charge in [0.05, 0.1) is 11.3 Å². The molecule has 0 atom stereocenters. The minimum Gasteiger partial charge on any atom is -0.256 e. The average molecular weight is 530 g/mol. The summed E-state index contributed by atoms with van der Waals surface area (Å²) in [4.78, 5) is 4.39. The molecular weight excluding hydrogens is 503 g/mol. The Bertz CT molecular complexity index is 1980. The second-order valence-electron chi connectivity index (χ2n) is 11.5. The van der Waals surface area contributed by atoms with Crippen LogP contribution in [-0.2, 0) is 11.6 Å². The maximum absolute atomic E-state index is 14.5. The van der Waals surface area contributed by atoms with Gasteiger partial charge in [-0.25, -0.2) is 0 Å². The highest BCUT2D eigenvalue weighted by Gasteiger charge is 2.36. The lowest BCUT2D eigenvalue weighted by Gasteiger charge is -2.23. The first-order chi connectivity index (χ1) is 19.1. The van der Waals surface area contributed by atoms with Gasteiger partial charge in [-0.05, 0) is 84.1 Å². The maximum Gasteiger partial charge on any atom is 0.418 e. The molecule has 0 bridgehead atoms. The molecule has 5 aromatic carbocycles. The number of halogens is 3. The van der Waals surface area contributed by atoms with Gasteiger partial charge in [0, 0.05) is 11.8 Å². The van der Waals surface area contributed by atoms with Gasteiger partial charge in [0.25, 0.3) is 0 Å². The van der Waals surface area contributed by atoms with E-state index in [-0.39, 0.29) is 11.0 Å². The Morgan fingerprint density at radius 2 is 1.27 bits per heavy atom. The van der Waals surface area contributed by atoms with Crippen molar-refractivity contribution >= 4 is 21.5 Å². The van der Waals surface area contributed by atoms with E-state index in [4.69, 9.17) is 0 Å². The van der Waals surface area contributed by atoms with E-state index in [1.165, 1.54) is 0 Å². The second-order valence-corrected chi connectivity index (χ2v) is 11.5. The number of nitrogens with zero attached hydrogens (tertiary/aromatic N) is 1. The van der Waals surface area contributed by atoms with Crippen LogP contribution in [0.5, 0.6) is 0 Å². The zero-order valence-corrected chi connectivity index (χ0v) is 22.4. The van der Waals surface area contributed by atoms with Crippen molar-refractivity contribution in [1.29, 1.82) is 0 Å². The van der Waals surface area contributed by atoms with E-state index in [1.807, 2.05) is 78.9 Å². The molecule has 40 heavy (non-hydrogen) atoms. The van der Waals surface area contributed by atoms with Gasteiger partial charge in [0.15, 0.2) is 0 Å². The van der Waals surface area contributed by atoms with Crippen LogP contribution in [-0.4, -0.2) is 4.98 Å². The van der Waals surface area contributed by atoms with Crippen LogP contribution in [0, 0.1) is 0 Å². The third kappa shape index (κ3) is 3.74. The van der Waals surface area contributed by atoms with Crippen molar-refractivity contribution in [1.82, 2.24) is 4.98 Å². The van der Waals surface area contributed by atoms with E-state index in [9.17, 15) is 13.2 Å². The lowest BCUT2D eigenvalue weighted by molar-refractivity contribution is -0.137. The molecule has 1 aliphatic carbocycles. The van der Waals surface area contributed by atoms with Crippen LogP contribution in [0.2, 0.25) is 0 Å². The number of alkyl halides is 3. The number of benzene rings is 5. The monoisotopic (exact) mass is 529 g/mol. The summed E-state index contributed by atoms with van der Waals surface area (Å²) < 4.78 is 43.5. The summed E-state index contributed by atoms with van der Waals surface area (Å²) in [5.41, 5.74) is 6.18. The Hall–Kier alpha value is -4.44.